The molecular formula is C14H6N4OS. The number of rotatable bonds is 0. The van der Waals surface area contributed by atoms with E-state index in [1.807, 2.05) is 34.7 Å². The highest BCUT2D eigenvalue weighted by Gasteiger charge is 2.16. The lowest BCUT2D eigenvalue weighted by atomic mass is 10.2. The number of hydrogen-bond donors (Lipinski definition) is 0. The molecule has 1 aromatic carbocycles. The molecule has 5 nitrogen and oxygen atoms in total. The summed E-state index contributed by atoms with van der Waals surface area (Å²) in [5.41, 5.74) is 1.65. The van der Waals surface area contributed by atoms with E-state index in [1.165, 1.54) is 17.7 Å². The molecular weight excluding hydrogens is 272 g/mol. The van der Waals surface area contributed by atoms with Gasteiger partial charge in [0.25, 0.3) is 0 Å². The number of fused-ring (bicyclic) bond motifs is 5. The van der Waals surface area contributed by atoms with Crippen LogP contribution in [0.4, 0.5) is 0 Å². The first-order chi connectivity index (χ1) is 9.81. The van der Waals surface area contributed by atoms with E-state index < -0.39 is 0 Å². The minimum Gasteiger partial charge on any atom is -0.295 e. The number of aromatic nitrogens is 3. The molecule has 0 spiro atoms. The summed E-state index contributed by atoms with van der Waals surface area (Å²) in [5, 5.41) is 9.30. The second-order valence-corrected chi connectivity index (χ2v) is 5.31. The number of hydrogen-bond acceptors (Lipinski definition) is 5. The van der Waals surface area contributed by atoms with Crippen molar-refractivity contribution in [2.45, 2.75) is 0 Å². The van der Waals surface area contributed by atoms with E-state index >= 15 is 0 Å². The molecule has 0 N–H and O–H groups in total. The van der Waals surface area contributed by atoms with Gasteiger partial charge in [0.2, 0.25) is 5.43 Å². The van der Waals surface area contributed by atoms with Crippen LogP contribution >= 0.6 is 11.3 Å². The van der Waals surface area contributed by atoms with Crippen molar-refractivity contribution in [3.05, 3.63) is 52.6 Å². The van der Waals surface area contributed by atoms with Gasteiger partial charge >= 0.3 is 0 Å². The Morgan fingerprint density at radius 3 is 2.95 bits per heavy atom. The first-order valence-electron chi connectivity index (χ1n) is 5.87. The van der Waals surface area contributed by atoms with Gasteiger partial charge in [-0.15, -0.1) is 11.3 Å². The molecule has 3 aromatic heterocycles. The zero-order valence-corrected chi connectivity index (χ0v) is 10.9. The average Bonchev–Trinajstić information content (AvgIpc) is 2.87. The quantitative estimate of drug-likeness (QED) is 0.495. The maximum atomic E-state index is 12.3. The van der Waals surface area contributed by atoms with Crippen LogP contribution in [-0.2, 0) is 0 Å². The second kappa shape index (κ2) is 3.85. The average molecular weight is 278 g/mol. The lowest BCUT2D eigenvalue weighted by Crippen LogP contribution is -2.11. The summed E-state index contributed by atoms with van der Waals surface area (Å²) in [6, 6.07) is 9.79. The number of nitrogens with zero attached hydrogens (tertiary/aromatic N) is 4. The van der Waals surface area contributed by atoms with Gasteiger partial charge in [-0.1, -0.05) is 12.1 Å². The van der Waals surface area contributed by atoms with Crippen LogP contribution in [0.25, 0.3) is 26.1 Å². The van der Waals surface area contributed by atoms with Crippen LogP contribution in [0.5, 0.6) is 0 Å². The van der Waals surface area contributed by atoms with Gasteiger partial charge in [-0.25, -0.2) is 9.97 Å². The predicted octanol–water partition coefficient (Wildman–Crippen LogP) is 2.33. The van der Waals surface area contributed by atoms with Crippen LogP contribution in [0.2, 0.25) is 0 Å². The first kappa shape index (κ1) is 11.1. The van der Waals surface area contributed by atoms with E-state index in [2.05, 4.69) is 9.97 Å². The third kappa shape index (κ3) is 1.27. The van der Waals surface area contributed by atoms with Crippen molar-refractivity contribution in [2.75, 3.05) is 0 Å². The molecule has 94 valence electrons. The summed E-state index contributed by atoms with van der Waals surface area (Å²) in [7, 11) is 0. The van der Waals surface area contributed by atoms with E-state index in [9.17, 15) is 10.1 Å². The van der Waals surface area contributed by atoms with Crippen LogP contribution in [0.3, 0.4) is 0 Å². The van der Waals surface area contributed by atoms with Gasteiger partial charge < -0.3 is 0 Å². The molecule has 0 fully saturated rings. The van der Waals surface area contributed by atoms with Gasteiger partial charge in [0, 0.05) is 0 Å². The van der Waals surface area contributed by atoms with E-state index in [1.54, 1.807) is 6.20 Å². The second-order valence-electron chi connectivity index (χ2n) is 4.28. The van der Waals surface area contributed by atoms with E-state index in [4.69, 9.17) is 0 Å². The topological polar surface area (TPSA) is 71.0 Å². The van der Waals surface area contributed by atoms with Gasteiger partial charge in [0.05, 0.1) is 21.9 Å². The number of benzene rings is 1. The summed E-state index contributed by atoms with van der Waals surface area (Å²) in [6.45, 7) is 0. The van der Waals surface area contributed by atoms with Crippen molar-refractivity contribution in [2.24, 2.45) is 0 Å². The SMILES string of the molecule is N#Cc1c(=O)c2ncncc2n2c1sc1ccccc12. The molecule has 0 saturated heterocycles. The molecule has 20 heavy (non-hydrogen) atoms. The van der Waals surface area contributed by atoms with Crippen LogP contribution in [-0.4, -0.2) is 14.4 Å². The molecule has 0 atom stereocenters. The highest BCUT2D eigenvalue weighted by atomic mass is 32.1. The number of nitriles is 1. The van der Waals surface area contributed by atoms with E-state index in [-0.39, 0.29) is 16.5 Å². The Labute approximate surface area is 116 Å². The highest BCUT2D eigenvalue weighted by molar-refractivity contribution is 7.24. The fourth-order valence-electron chi connectivity index (χ4n) is 2.36. The Morgan fingerprint density at radius 2 is 2.10 bits per heavy atom. The summed E-state index contributed by atoms with van der Waals surface area (Å²) in [6.07, 6.45) is 2.93. The summed E-state index contributed by atoms with van der Waals surface area (Å²) in [4.78, 5) is 21.0. The maximum Gasteiger partial charge on any atom is 0.227 e. The normalized spacial score (nSPS) is 11.2. The highest BCUT2D eigenvalue weighted by Crippen LogP contribution is 2.29. The van der Waals surface area contributed by atoms with Crippen molar-refractivity contribution in [3.63, 3.8) is 0 Å². The van der Waals surface area contributed by atoms with Crippen molar-refractivity contribution in [1.29, 1.82) is 5.26 Å². The zero-order chi connectivity index (χ0) is 13.7. The number of thiazole rings is 1. The third-order valence-corrected chi connectivity index (χ3v) is 4.36. The van der Waals surface area contributed by atoms with Crippen LogP contribution in [0.15, 0.2) is 41.6 Å². The van der Waals surface area contributed by atoms with Gasteiger partial charge in [-0.2, -0.15) is 5.26 Å². The minimum absolute atomic E-state index is 0.136. The Bertz CT molecular complexity index is 1090. The Hall–Kier alpha value is -2.78. The molecule has 0 aliphatic carbocycles. The number of pyridine rings is 1. The van der Waals surface area contributed by atoms with Crippen LogP contribution in [0, 0.1) is 11.3 Å². The van der Waals surface area contributed by atoms with Crippen molar-refractivity contribution < 1.29 is 0 Å². The Balaban J connectivity index is 2.48. The predicted molar refractivity (Wildman–Crippen MR) is 76.9 cm³/mol. The lowest BCUT2D eigenvalue weighted by Gasteiger charge is -2.02. The molecule has 0 unspecified atom stereocenters. The molecule has 4 aromatic rings. The molecule has 0 amide bonds. The van der Waals surface area contributed by atoms with Gasteiger partial charge in [-0.05, 0) is 12.1 Å². The molecule has 0 radical (unpaired) electrons. The van der Waals surface area contributed by atoms with Crippen LogP contribution < -0.4 is 5.43 Å². The van der Waals surface area contributed by atoms with Gasteiger partial charge in [0.1, 0.15) is 28.3 Å². The molecule has 3 heterocycles. The smallest absolute Gasteiger partial charge is 0.227 e. The summed E-state index contributed by atoms with van der Waals surface area (Å²) >= 11 is 1.43. The van der Waals surface area contributed by atoms with Crippen molar-refractivity contribution in [1.82, 2.24) is 14.4 Å². The minimum atomic E-state index is -0.337. The third-order valence-electron chi connectivity index (χ3n) is 3.22. The Kier molecular flexibility index (Phi) is 2.14. The molecule has 0 bridgehead atoms. The Morgan fingerprint density at radius 1 is 1.25 bits per heavy atom. The fraction of sp³-hybridized carbons (Fsp3) is 0. The summed E-state index contributed by atoms with van der Waals surface area (Å²) < 4.78 is 2.90. The maximum absolute atomic E-state index is 12.3. The van der Waals surface area contributed by atoms with E-state index in [0.717, 1.165) is 10.2 Å². The van der Waals surface area contributed by atoms with Crippen molar-refractivity contribution >= 4 is 37.4 Å². The summed E-state index contributed by atoms with van der Waals surface area (Å²) in [5.74, 6) is 0. The fourth-order valence-corrected chi connectivity index (χ4v) is 3.51. The number of para-hydroxylation sites is 1. The molecule has 0 aliphatic heterocycles. The molecule has 0 aliphatic rings. The monoisotopic (exact) mass is 278 g/mol. The lowest BCUT2D eigenvalue weighted by molar-refractivity contribution is 1.17. The largest absolute Gasteiger partial charge is 0.295 e. The zero-order valence-electron chi connectivity index (χ0n) is 10.1. The van der Waals surface area contributed by atoms with Crippen molar-refractivity contribution in [3.8, 4) is 6.07 Å². The first-order valence-corrected chi connectivity index (χ1v) is 6.69. The molecule has 0 saturated carbocycles. The molecule has 6 heteroatoms. The van der Waals surface area contributed by atoms with Gasteiger partial charge in [-0.3, -0.25) is 9.20 Å². The van der Waals surface area contributed by atoms with Crippen LogP contribution in [0.1, 0.15) is 5.56 Å². The van der Waals surface area contributed by atoms with E-state index in [0.29, 0.717) is 10.3 Å². The van der Waals surface area contributed by atoms with Gasteiger partial charge in [0.15, 0.2) is 0 Å². The molecule has 4 rings (SSSR count). The standard InChI is InChI=1S/C14H6N4OS/c15-5-8-13(19)12-10(6-16-7-17-12)18-9-3-1-2-4-11(9)20-14(8)18/h1-4,6-7H.